The Bertz CT molecular complexity index is 1230. The number of carbonyl (C=O) groups is 4. The topological polar surface area (TPSA) is 108 Å². The highest BCUT2D eigenvalue weighted by molar-refractivity contribution is 6.03. The van der Waals surface area contributed by atoms with Crippen LogP contribution in [0.4, 0.5) is 9.59 Å². The van der Waals surface area contributed by atoms with Crippen LogP contribution in [0.3, 0.4) is 0 Å². The summed E-state index contributed by atoms with van der Waals surface area (Å²) in [6, 6.07) is 16.6. The van der Waals surface area contributed by atoms with Gasteiger partial charge in [-0.2, -0.15) is 0 Å². The maximum Gasteiger partial charge on any atom is 0.409 e. The first-order valence-electron chi connectivity index (χ1n) is 15.1. The van der Waals surface area contributed by atoms with Crippen LogP contribution in [0.15, 0.2) is 54.6 Å². The van der Waals surface area contributed by atoms with Gasteiger partial charge in [-0.1, -0.05) is 87.4 Å². The summed E-state index contributed by atoms with van der Waals surface area (Å²) >= 11 is 0. The molecule has 2 unspecified atom stereocenters. The zero-order valence-corrected chi connectivity index (χ0v) is 26.3. The quantitative estimate of drug-likeness (QED) is 0.299. The minimum absolute atomic E-state index is 0.164. The highest BCUT2D eigenvalue weighted by atomic mass is 16.6. The molecular formula is C33H46N4O6. The van der Waals surface area contributed by atoms with Gasteiger partial charge in [0.2, 0.25) is 11.8 Å². The minimum atomic E-state index is -0.872. The van der Waals surface area contributed by atoms with Gasteiger partial charge >= 0.3 is 12.1 Å². The first kappa shape index (κ1) is 33.6. The van der Waals surface area contributed by atoms with Gasteiger partial charge in [-0.15, -0.1) is 0 Å². The number of nitrogens with one attached hydrogen (secondary N) is 1. The second kappa shape index (κ2) is 15.5. The molecule has 1 heterocycles. The lowest BCUT2D eigenvalue weighted by Crippen LogP contribution is -2.72. The van der Waals surface area contributed by atoms with Gasteiger partial charge < -0.3 is 24.6 Å². The van der Waals surface area contributed by atoms with Gasteiger partial charge in [0.05, 0.1) is 11.5 Å². The van der Waals surface area contributed by atoms with Gasteiger partial charge in [0, 0.05) is 27.2 Å². The van der Waals surface area contributed by atoms with Crippen molar-refractivity contribution in [1.82, 2.24) is 20.0 Å². The van der Waals surface area contributed by atoms with E-state index in [2.05, 4.69) is 5.32 Å². The van der Waals surface area contributed by atoms with Crippen molar-refractivity contribution in [2.45, 2.75) is 72.3 Å². The van der Waals surface area contributed by atoms with Crippen molar-refractivity contribution in [2.75, 3.05) is 33.8 Å². The molecule has 0 spiro atoms. The van der Waals surface area contributed by atoms with E-state index in [1.165, 1.54) is 9.80 Å². The van der Waals surface area contributed by atoms with Crippen molar-refractivity contribution in [1.29, 1.82) is 0 Å². The van der Waals surface area contributed by atoms with Crippen LogP contribution in [0.25, 0.3) is 0 Å². The molecule has 1 N–H and O–H groups in total. The molecular weight excluding hydrogens is 548 g/mol. The van der Waals surface area contributed by atoms with Crippen LogP contribution in [0.2, 0.25) is 0 Å². The van der Waals surface area contributed by atoms with E-state index < -0.39 is 23.8 Å². The fourth-order valence-electron chi connectivity index (χ4n) is 5.20. The van der Waals surface area contributed by atoms with Gasteiger partial charge in [-0.05, 0) is 37.3 Å². The average Bonchev–Trinajstić information content (AvgIpc) is 3.01. The Labute approximate surface area is 255 Å². The number of hydrogen-bond donors (Lipinski definition) is 1. The van der Waals surface area contributed by atoms with E-state index in [4.69, 9.17) is 9.47 Å². The summed E-state index contributed by atoms with van der Waals surface area (Å²) in [6.45, 7) is 8.20. The average molecular weight is 595 g/mol. The zero-order chi connectivity index (χ0) is 31.6. The molecule has 10 heteroatoms. The summed E-state index contributed by atoms with van der Waals surface area (Å²) in [4.78, 5) is 56.0. The van der Waals surface area contributed by atoms with E-state index in [-0.39, 0.29) is 44.2 Å². The SMILES string of the molecule is CCCC(NC(=O)N1C(=O)C(CC)(CC)C1OCC(=O)N(C)CCN(C)C(=O)OCc1ccccc1)c1ccc(C)cc1. The first-order chi connectivity index (χ1) is 20.6. The Kier molecular flexibility index (Phi) is 12.1. The van der Waals surface area contributed by atoms with E-state index in [0.29, 0.717) is 19.3 Å². The lowest BCUT2D eigenvalue weighted by atomic mass is 9.72. The van der Waals surface area contributed by atoms with Crippen LogP contribution in [0.5, 0.6) is 0 Å². The maximum atomic E-state index is 13.4. The Morgan fingerprint density at radius 3 is 2.19 bits per heavy atom. The van der Waals surface area contributed by atoms with Crippen molar-refractivity contribution in [3.8, 4) is 0 Å². The molecule has 1 aliphatic heterocycles. The lowest BCUT2D eigenvalue weighted by molar-refractivity contribution is -0.211. The largest absolute Gasteiger partial charge is 0.445 e. The Morgan fingerprint density at radius 2 is 1.58 bits per heavy atom. The molecule has 0 aromatic heterocycles. The monoisotopic (exact) mass is 594 g/mol. The normalized spacial score (nSPS) is 16.2. The molecule has 5 amide bonds. The van der Waals surface area contributed by atoms with Gasteiger partial charge in [-0.25, -0.2) is 14.5 Å². The van der Waals surface area contributed by atoms with Crippen LogP contribution in [-0.2, 0) is 25.7 Å². The fourth-order valence-corrected chi connectivity index (χ4v) is 5.20. The zero-order valence-electron chi connectivity index (χ0n) is 26.3. The molecule has 43 heavy (non-hydrogen) atoms. The molecule has 0 saturated carbocycles. The highest BCUT2D eigenvalue weighted by Gasteiger charge is 2.62. The number of rotatable bonds is 14. The Hall–Kier alpha value is -3.92. The van der Waals surface area contributed by atoms with Crippen LogP contribution in [-0.4, -0.2) is 78.7 Å². The van der Waals surface area contributed by atoms with Crippen molar-refractivity contribution in [2.24, 2.45) is 5.41 Å². The fraction of sp³-hybridized carbons (Fsp3) is 0.515. The molecule has 0 radical (unpaired) electrons. The summed E-state index contributed by atoms with van der Waals surface area (Å²) in [5, 5.41) is 3.02. The summed E-state index contributed by atoms with van der Waals surface area (Å²) in [7, 11) is 3.23. The second-order valence-corrected chi connectivity index (χ2v) is 11.2. The van der Waals surface area contributed by atoms with Crippen molar-refractivity contribution >= 4 is 23.9 Å². The molecule has 2 atom stereocenters. The summed E-state index contributed by atoms with van der Waals surface area (Å²) in [5.74, 6) is -0.619. The molecule has 2 aromatic carbocycles. The number of ether oxygens (including phenoxy) is 2. The van der Waals surface area contributed by atoms with E-state index >= 15 is 0 Å². The molecule has 2 aromatic rings. The number of hydrogen-bond acceptors (Lipinski definition) is 6. The second-order valence-electron chi connectivity index (χ2n) is 11.2. The predicted octanol–water partition coefficient (Wildman–Crippen LogP) is 5.26. The molecule has 0 bridgehead atoms. The first-order valence-corrected chi connectivity index (χ1v) is 15.1. The predicted molar refractivity (Wildman–Crippen MR) is 164 cm³/mol. The van der Waals surface area contributed by atoms with E-state index in [1.54, 1.807) is 14.1 Å². The van der Waals surface area contributed by atoms with Crippen molar-refractivity contribution in [3.63, 3.8) is 0 Å². The number of nitrogens with zero attached hydrogens (tertiary/aromatic N) is 3. The van der Waals surface area contributed by atoms with Gasteiger partial charge in [0.15, 0.2) is 6.23 Å². The number of carbonyl (C=O) groups excluding carboxylic acids is 4. The standard InChI is InChI=1S/C33H46N4O6/c1-7-13-27(26-18-16-24(4)17-19-26)34-31(40)37-29(39)33(8-2,9-3)30(37)42-23-28(38)35(5)20-21-36(6)32(41)43-22-25-14-11-10-12-15-25/h10-12,14-19,27,30H,7-9,13,20-23H2,1-6H3,(H,34,40). The van der Waals surface area contributed by atoms with Crippen LogP contribution in [0.1, 0.15) is 69.2 Å². The molecule has 1 saturated heterocycles. The smallest absolute Gasteiger partial charge is 0.409 e. The molecule has 3 rings (SSSR count). The molecule has 10 nitrogen and oxygen atoms in total. The molecule has 1 aliphatic rings. The molecule has 234 valence electrons. The number of likely N-dealkylation sites (N-methyl/N-ethyl adjacent to an activating group) is 2. The van der Waals surface area contributed by atoms with Crippen molar-refractivity contribution in [3.05, 3.63) is 71.3 Å². The number of likely N-dealkylation sites (tertiary alicyclic amines) is 1. The van der Waals surface area contributed by atoms with Gasteiger partial charge in [-0.3, -0.25) is 9.59 Å². The molecule has 1 fully saturated rings. The Morgan fingerprint density at radius 1 is 0.953 bits per heavy atom. The van der Waals surface area contributed by atoms with Crippen LogP contribution >= 0.6 is 0 Å². The number of β-lactam (4-membered cyclic amide) rings is 1. The number of imide groups is 1. The summed E-state index contributed by atoms with van der Waals surface area (Å²) in [6.07, 6.45) is 1.18. The van der Waals surface area contributed by atoms with E-state index in [9.17, 15) is 19.2 Å². The minimum Gasteiger partial charge on any atom is -0.445 e. The number of benzene rings is 2. The number of urea groups is 1. The van der Waals surface area contributed by atoms with E-state index in [0.717, 1.165) is 28.0 Å². The Balaban J connectivity index is 1.57. The molecule has 0 aliphatic carbocycles. The summed E-state index contributed by atoms with van der Waals surface area (Å²) < 4.78 is 11.4. The third-order valence-corrected chi connectivity index (χ3v) is 8.27. The summed E-state index contributed by atoms with van der Waals surface area (Å²) in [5.41, 5.74) is 2.10. The van der Waals surface area contributed by atoms with Gasteiger partial charge in [0.1, 0.15) is 13.2 Å². The van der Waals surface area contributed by atoms with Crippen LogP contribution < -0.4 is 5.32 Å². The van der Waals surface area contributed by atoms with E-state index in [1.807, 2.05) is 82.3 Å². The number of amides is 5. The maximum absolute atomic E-state index is 13.4. The number of aryl methyl sites for hydroxylation is 1. The van der Waals surface area contributed by atoms with Gasteiger partial charge in [0.25, 0.3) is 0 Å². The third kappa shape index (κ3) is 8.13. The third-order valence-electron chi connectivity index (χ3n) is 8.27. The van der Waals surface area contributed by atoms with Crippen molar-refractivity contribution < 1.29 is 28.7 Å². The highest BCUT2D eigenvalue weighted by Crippen LogP contribution is 2.46. The van der Waals surface area contributed by atoms with Crippen LogP contribution in [0, 0.1) is 12.3 Å². The lowest BCUT2D eigenvalue weighted by Gasteiger charge is -2.53.